The quantitative estimate of drug-likeness (QED) is 0.310. The maximum atomic E-state index is 5.14. The summed E-state index contributed by atoms with van der Waals surface area (Å²) in [6, 6.07) is 17.6. The van der Waals surface area contributed by atoms with Gasteiger partial charge in [0.1, 0.15) is 5.65 Å². The van der Waals surface area contributed by atoms with E-state index in [2.05, 4.69) is 87.6 Å². The van der Waals surface area contributed by atoms with Crippen LogP contribution in [0.4, 0.5) is 0 Å². The van der Waals surface area contributed by atoms with E-state index in [1.807, 2.05) is 0 Å². The highest BCUT2D eigenvalue weighted by molar-refractivity contribution is 6.13. The molecule has 0 fully saturated rings. The molecule has 0 atom stereocenters. The fourth-order valence-electron chi connectivity index (χ4n) is 4.75. The Bertz CT molecular complexity index is 1410. The molecule has 0 amide bonds. The van der Waals surface area contributed by atoms with Crippen LogP contribution in [-0.2, 0) is 12.8 Å². The van der Waals surface area contributed by atoms with Gasteiger partial charge in [-0.05, 0) is 67.0 Å². The molecule has 3 nitrogen and oxygen atoms in total. The summed E-state index contributed by atoms with van der Waals surface area (Å²) in [4.78, 5) is 10.3. The topological polar surface area (TPSA) is 30.2 Å². The Morgan fingerprint density at radius 2 is 1.60 bits per heavy atom. The van der Waals surface area contributed by atoms with Gasteiger partial charge >= 0.3 is 0 Å². The number of para-hydroxylation sites is 1. The molecule has 5 aromatic rings. The summed E-state index contributed by atoms with van der Waals surface area (Å²) >= 11 is 0. The normalized spacial score (nSPS) is 12.4. The number of nitrogens with zero attached hydrogens (tertiary/aromatic N) is 3. The molecule has 152 valence electrons. The molecular weight excluding hydrogens is 366 g/mol. The van der Waals surface area contributed by atoms with Crippen molar-refractivity contribution in [3.8, 4) is 0 Å². The SMILES string of the molecule is Cc1cc(CC(C)C)nc2c3ccccc3n3c4ccc(CC(C)C)cc4nc3c12. The van der Waals surface area contributed by atoms with Crippen LogP contribution in [0.1, 0.15) is 44.5 Å². The highest BCUT2D eigenvalue weighted by Gasteiger charge is 2.17. The fraction of sp³-hybridized carbons (Fsp3) is 0.333. The first-order valence-corrected chi connectivity index (χ1v) is 11.0. The van der Waals surface area contributed by atoms with Crippen molar-refractivity contribution in [2.24, 2.45) is 11.8 Å². The van der Waals surface area contributed by atoms with E-state index in [-0.39, 0.29) is 0 Å². The summed E-state index contributed by atoms with van der Waals surface area (Å²) in [5, 5.41) is 2.36. The largest absolute Gasteiger partial charge is 0.292 e. The van der Waals surface area contributed by atoms with Crippen molar-refractivity contribution in [3.63, 3.8) is 0 Å². The molecule has 0 spiro atoms. The van der Waals surface area contributed by atoms with E-state index in [0.29, 0.717) is 11.8 Å². The van der Waals surface area contributed by atoms with Crippen molar-refractivity contribution in [2.75, 3.05) is 0 Å². The van der Waals surface area contributed by atoms with Crippen LogP contribution in [0.2, 0.25) is 0 Å². The molecule has 3 aromatic heterocycles. The summed E-state index contributed by atoms with van der Waals surface area (Å²) in [6.07, 6.45) is 2.07. The van der Waals surface area contributed by atoms with E-state index in [1.165, 1.54) is 38.6 Å². The van der Waals surface area contributed by atoms with Crippen LogP contribution in [0.15, 0.2) is 48.5 Å². The van der Waals surface area contributed by atoms with Crippen LogP contribution in [0.3, 0.4) is 0 Å². The first-order valence-electron chi connectivity index (χ1n) is 11.0. The van der Waals surface area contributed by atoms with E-state index in [9.17, 15) is 0 Å². The van der Waals surface area contributed by atoms with E-state index in [4.69, 9.17) is 9.97 Å². The zero-order valence-electron chi connectivity index (χ0n) is 18.5. The summed E-state index contributed by atoms with van der Waals surface area (Å²) in [6.45, 7) is 11.2. The molecule has 3 heterocycles. The molecule has 30 heavy (non-hydrogen) atoms. The zero-order chi connectivity index (χ0) is 21.0. The molecule has 0 saturated heterocycles. The lowest BCUT2D eigenvalue weighted by Gasteiger charge is -2.13. The van der Waals surface area contributed by atoms with E-state index in [1.54, 1.807) is 0 Å². The Kier molecular flexibility index (Phi) is 4.50. The number of aromatic nitrogens is 3. The van der Waals surface area contributed by atoms with Gasteiger partial charge in [0.05, 0.1) is 22.1 Å². The van der Waals surface area contributed by atoms with Crippen LogP contribution in [0, 0.1) is 18.8 Å². The minimum atomic E-state index is 0.581. The van der Waals surface area contributed by atoms with Crippen molar-refractivity contribution in [3.05, 3.63) is 65.4 Å². The lowest BCUT2D eigenvalue weighted by Crippen LogP contribution is -2.01. The maximum absolute atomic E-state index is 5.14. The first kappa shape index (κ1) is 19.0. The summed E-state index contributed by atoms with van der Waals surface area (Å²) in [7, 11) is 0. The molecule has 0 aliphatic heterocycles. The lowest BCUT2D eigenvalue weighted by atomic mass is 10.0. The maximum Gasteiger partial charge on any atom is 0.148 e. The predicted molar refractivity (Wildman–Crippen MR) is 127 cm³/mol. The van der Waals surface area contributed by atoms with Crippen LogP contribution in [-0.4, -0.2) is 14.4 Å². The molecule has 0 aliphatic carbocycles. The Hall–Kier alpha value is -2.94. The highest BCUT2D eigenvalue weighted by Crippen LogP contribution is 2.34. The molecule has 0 saturated carbocycles. The van der Waals surface area contributed by atoms with E-state index >= 15 is 0 Å². The molecule has 0 bridgehead atoms. The second-order valence-corrected chi connectivity index (χ2v) is 9.46. The Labute approximate surface area is 177 Å². The first-order chi connectivity index (χ1) is 14.4. The molecule has 0 N–H and O–H groups in total. The Morgan fingerprint density at radius 3 is 2.37 bits per heavy atom. The second kappa shape index (κ2) is 7.09. The van der Waals surface area contributed by atoms with Gasteiger partial charge in [-0.1, -0.05) is 52.0 Å². The third-order valence-electron chi connectivity index (χ3n) is 5.87. The Balaban J connectivity index is 1.92. The number of imidazole rings is 1. The van der Waals surface area contributed by atoms with Gasteiger partial charge in [0.25, 0.3) is 0 Å². The molecule has 3 heteroatoms. The van der Waals surface area contributed by atoms with Crippen molar-refractivity contribution in [2.45, 2.75) is 47.5 Å². The van der Waals surface area contributed by atoms with Gasteiger partial charge in [-0.15, -0.1) is 0 Å². The molecule has 0 aliphatic rings. The minimum absolute atomic E-state index is 0.581. The lowest BCUT2D eigenvalue weighted by molar-refractivity contribution is 0.637. The molecule has 2 aromatic carbocycles. The molecule has 0 unspecified atom stereocenters. The number of rotatable bonds is 4. The number of benzene rings is 2. The van der Waals surface area contributed by atoms with Gasteiger partial charge < -0.3 is 0 Å². The van der Waals surface area contributed by atoms with Crippen LogP contribution >= 0.6 is 0 Å². The number of hydrogen-bond donors (Lipinski definition) is 0. The predicted octanol–water partition coefficient (Wildman–Crippen LogP) is 6.89. The van der Waals surface area contributed by atoms with Crippen molar-refractivity contribution >= 4 is 38.5 Å². The monoisotopic (exact) mass is 395 g/mol. The standard InChI is InChI=1S/C27H29N3/c1-16(2)12-19-10-11-24-22(15-19)29-27-25-18(5)14-20(13-17(3)4)28-26(25)21-8-6-7-9-23(21)30(24)27/h6-11,14-17H,12-13H2,1-5H3. The van der Waals surface area contributed by atoms with E-state index < -0.39 is 0 Å². The van der Waals surface area contributed by atoms with Crippen LogP contribution in [0.25, 0.3) is 38.5 Å². The molecular formula is C27H29N3. The highest BCUT2D eigenvalue weighted by atomic mass is 15.0. The average Bonchev–Trinajstić information content (AvgIpc) is 3.05. The molecule has 0 radical (unpaired) electrons. The summed E-state index contributed by atoms with van der Waals surface area (Å²) < 4.78 is 2.32. The van der Waals surface area contributed by atoms with Crippen molar-refractivity contribution in [1.29, 1.82) is 0 Å². The minimum Gasteiger partial charge on any atom is -0.292 e. The van der Waals surface area contributed by atoms with Gasteiger partial charge in [-0.3, -0.25) is 9.38 Å². The summed E-state index contributed by atoms with van der Waals surface area (Å²) in [5.74, 6) is 1.21. The number of fused-ring (bicyclic) bond motifs is 8. The Morgan fingerprint density at radius 1 is 0.833 bits per heavy atom. The third kappa shape index (κ3) is 3.04. The van der Waals surface area contributed by atoms with Crippen LogP contribution < -0.4 is 0 Å². The van der Waals surface area contributed by atoms with Crippen LogP contribution in [0.5, 0.6) is 0 Å². The average molecular weight is 396 g/mol. The van der Waals surface area contributed by atoms with Gasteiger partial charge in [0.15, 0.2) is 0 Å². The van der Waals surface area contributed by atoms with Gasteiger partial charge in [0.2, 0.25) is 0 Å². The van der Waals surface area contributed by atoms with Gasteiger partial charge in [-0.25, -0.2) is 4.98 Å². The van der Waals surface area contributed by atoms with Crippen molar-refractivity contribution in [1.82, 2.24) is 14.4 Å². The van der Waals surface area contributed by atoms with Gasteiger partial charge in [0, 0.05) is 16.5 Å². The number of aryl methyl sites for hydroxylation is 1. The summed E-state index contributed by atoms with van der Waals surface area (Å²) in [5.41, 5.74) is 9.27. The van der Waals surface area contributed by atoms with E-state index in [0.717, 1.165) is 29.5 Å². The third-order valence-corrected chi connectivity index (χ3v) is 5.87. The van der Waals surface area contributed by atoms with Crippen molar-refractivity contribution < 1.29 is 0 Å². The number of pyridine rings is 2. The fourth-order valence-corrected chi connectivity index (χ4v) is 4.75. The zero-order valence-corrected chi connectivity index (χ0v) is 18.5. The smallest absolute Gasteiger partial charge is 0.148 e. The number of hydrogen-bond acceptors (Lipinski definition) is 2. The second-order valence-electron chi connectivity index (χ2n) is 9.46. The van der Waals surface area contributed by atoms with Gasteiger partial charge in [-0.2, -0.15) is 0 Å². The molecule has 5 rings (SSSR count).